The Morgan fingerprint density at radius 3 is 2.55 bits per heavy atom. The molecule has 1 saturated heterocycles. The lowest BCUT2D eigenvalue weighted by Crippen LogP contribution is -2.45. The van der Waals surface area contributed by atoms with Gasteiger partial charge in [0, 0.05) is 33.5 Å². The summed E-state index contributed by atoms with van der Waals surface area (Å²) in [6, 6.07) is 0. The van der Waals surface area contributed by atoms with Crippen LogP contribution in [0, 0.1) is 0 Å². The van der Waals surface area contributed by atoms with E-state index in [2.05, 4.69) is 6.58 Å². The first-order valence-corrected chi connectivity index (χ1v) is 8.43. The lowest BCUT2D eigenvalue weighted by atomic mass is 10.1. The maximum atomic E-state index is 12.3. The molecule has 0 amide bonds. The summed E-state index contributed by atoms with van der Waals surface area (Å²) in [5.74, 6) is -0.478. The van der Waals surface area contributed by atoms with Crippen LogP contribution < -0.4 is 0 Å². The Hall–Kier alpha value is -0.680. The van der Waals surface area contributed by atoms with E-state index in [4.69, 9.17) is 18.5 Å². The molecule has 1 atom stereocenters. The summed E-state index contributed by atoms with van der Waals surface area (Å²) in [6.45, 7) is 3.82. The highest BCUT2D eigenvalue weighted by Gasteiger charge is 2.46. The molecule has 2 fully saturated rings. The van der Waals surface area contributed by atoms with Crippen LogP contribution in [0.15, 0.2) is 12.3 Å². The molecule has 6 nitrogen and oxygen atoms in total. The Kier molecular flexibility index (Phi) is 4.69. The first-order valence-electron chi connectivity index (χ1n) is 6.70. The molecule has 0 aromatic rings. The molecule has 0 bridgehead atoms. The molecule has 2 aliphatic rings. The molecule has 1 aliphatic heterocycles. The third kappa shape index (κ3) is 3.31. The Morgan fingerprint density at radius 1 is 1.40 bits per heavy atom. The van der Waals surface area contributed by atoms with Crippen LogP contribution in [0.2, 0.25) is 0 Å². The van der Waals surface area contributed by atoms with Crippen LogP contribution in [-0.4, -0.2) is 38.1 Å². The Balaban J connectivity index is 2.06. The second-order valence-electron chi connectivity index (χ2n) is 5.17. The third-order valence-corrected chi connectivity index (χ3v) is 5.54. The SMILES string of the molecule is C=C1C[C@H](C(=O)CP(=O)(OC)OC)OC2(CCCC2)O1. The van der Waals surface area contributed by atoms with E-state index in [9.17, 15) is 9.36 Å². The Labute approximate surface area is 118 Å². The highest BCUT2D eigenvalue weighted by atomic mass is 31.2. The first-order chi connectivity index (χ1) is 9.42. The molecule has 1 spiro atoms. The largest absolute Gasteiger partial charge is 0.467 e. The van der Waals surface area contributed by atoms with Gasteiger partial charge in [0.2, 0.25) is 5.79 Å². The van der Waals surface area contributed by atoms with Gasteiger partial charge in [-0.1, -0.05) is 6.58 Å². The van der Waals surface area contributed by atoms with Gasteiger partial charge in [-0.15, -0.1) is 0 Å². The van der Waals surface area contributed by atoms with Crippen molar-refractivity contribution in [3.05, 3.63) is 12.3 Å². The zero-order valence-corrected chi connectivity index (χ0v) is 12.8. The molecule has 114 valence electrons. The molecule has 1 aliphatic carbocycles. The summed E-state index contributed by atoms with van der Waals surface area (Å²) >= 11 is 0. The van der Waals surface area contributed by atoms with E-state index in [1.165, 1.54) is 14.2 Å². The van der Waals surface area contributed by atoms with Crippen molar-refractivity contribution in [1.82, 2.24) is 0 Å². The van der Waals surface area contributed by atoms with Crippen LogP contribution in [0.5, 0.6) is 0 Å². The van der Waals surface area contributed by atoms with Crippen molar-refractivity contribution in [2.45, 2.75) is 44.0 Å². The second kappa shape index (κ2) is 5.98. The predicted molar refractivity (Wildman–Crippen MR) is 72.4 cm³/mol. The van der Waals surface area contributed by atoms with Gasteiger partial charge in [-0.3, -0.25) is 9.36 Å². The molecule has 20 heavy (non-hydrogen) atoms. The van der Waals surface area contributed by atoms with Gasteiger partial charge in [0.1, 0.15) is 12.3 Å². The van der Waals surface area contributed by atoms with Crippen molar-refractivity contribution >= 4 is 13.4 Å². The first kappa shape index (κ1) is 15.7. The molecule has 1 saturated carbocycles. The minimum atomic E-state index is -3.37. The van der Waals surface area contributed by atoms with E-state index in [1.54, 1.807) is 0 Å². The second-order valence-corrected chi connectivity index (χ2v) is 7.44. The van der Waals surface area contributed by atoms with Gasteiger partial charge in [-0.05, 0) is 12.8 Å². The van der Waals surface area contributed by atoms with Gasteiger partial charge in [0.25, 0.3) is 0 Å². The van der Waals surface area contributed by atoms with Gasteiger partial charge < -0.3 is 18.5 Å². The topological polar surface area (TPSA) is 71.1 Å². The molecule has 0 N–H and O–H groups in total. The van der Waals surface area contributed by atoms with E-state index in [1.807, 2.05) is 0 Å². The zero-order valence-electron chi connectivity index (χ0n) is 11.9. The number of ketones is 1. The monoisotopic (exact) mass is 304 g/mol. The lowest BCUT2D eigenvalue weighted by molar-refractivity contribution is -0.258. The molecule has 0 aromatic carbocycles. The van der Waals surface area contributed by atoms with Crippen molar-refractivity contribution in [3.8, 4) is 0 Å². The van der Waals surface area contributed by atoms with E-state index in [0.29, 0.717) is 5.76 Å². The van der Waals surface area contributed by atoms with Crippen molar-refractivity contribution in [2.24, 2.45) is 0 Å². The minimum absolute atomic E-state index is 0.286. The number of Topliss-reactive ketones (excluding diaryl/α,β-unsaturated/α-hetero) is 1. The summed E-state index contributed by atoms with van der Waals surface area (Å²) in [6.07, 6.45) is 2.81. The average Bonchev–Trinajstić information content (AvgIpc) is 2.85. The molecule has 0 unspecified atom stereocenters. The highest BCUT2D eigenvalue weighted by molar-refractivity contribution is 7.54. The normalized spacial score (nSPS) is 25.7. The number of hydrogen-bond donors (Lipinski definition) is 0. The number of ether oxygens (including phenoxy) is 2. The van der Waals surface area contributed by atoms with Crippen molar-refractivity contribution < 1.29 is 27.9 Å². The lowest BCUT2D eigenvalue weighted by Gasteiger charge is -2.39. The Morgan fingerprint density at radius 2 is 2.00 bits per heavy atom. The summed E-state index contributed by atoms with van der Waals surface area (Å²) in [7, 11) is -0.839. The summed E-state index contributed by atoms with van der Waals surface area (Å²) in [5, 5.41) is 0. The molecule has 2 rings (SSSR count). The molecule has 7 heteroatoms. The predicted octanol–water partition coefficient (Wildman–Crippen LogP) is 2.63. The number of carbonyl (C=O) groups excluding carboxylic acids is 1. The minimum Gasteiger partial charge on any atom is -0.467 e. The van der Waals surface area contributed by atoms with Crippen molar-refractivity contribution in [3.63, 3.8) is 0 Å². The van der Waals surface area contributed by atoms with Gasteiger partial charge in [-0.25, -0.2) is 0 Å². The van der Waals surface area contributed by atoms with Crippen LogP contribution in [0.3, 0.4) is 0 Å². The fourth-order valence-corrected chi connectivity index (χ4v) is 3.64. The van der Waals surface area contributed by atoms with Gasteiger partial charge >= 0.3 is 7.60 Å². The molecule has 0 aromatic heterocycles. The fraction of sp³-hybridized carbons (Fsp3) is 0.769. The van der Waals surface area contributed by atoms with E-state index < -0.39 is 19.5 Å². The number of hydrogen-bond acceptors (Lipinski definition) is 6. The fourth-order valence-electron chi connectivity index (χ4n) is 2.65. The standard InChI is InChI=1S/C13H21O6P/c1-10-8-12(11(14)9-20(15,16-2)17-3)19-13(18-10)6-4-5-7-13/h12H,1,4-9H2,2-3H3/t12-/m1/s1. The zero-order chi connectivity index (χ0) is 14.8. The van der Waals surface area contributed by atoms with Crippen LogP contribution in [0.1, 0.15) is 32.1 Å². The van der Waals surface area contributed by atoms with Crippen LogP contribution in [-0.2, 0) is 27.9 Å². The smallest absolute Gasteiger partial charge is 0.337 e. The van der Waals surface area contributed by atoms with E-state index >= 15 is 0 Å². The van der Waals surface area contributed by atoms with Crippen LogP contribution in [0.25, 0.3) is 0 Å². The van der Waals surface area contributed by atoms with Crippen molar-refractivity contribution in [1.29, 1.82) is 0 Å². The molecular weight excluding hydrogens is 283 g/mol. The highest BCUT2D eigenvalue weighted by Crippen LogP contribution is 2.48. The van der Waals surface area contributed by atoms with Crippen LogP contribution in [0.4, 0.5) is 0 Å². The molecular formula is C13H21O6P. The van der Waals surface area contributed by atoms with Gasteiger partial charge in [0.15, 0.2) is 5.78 Å². The van der Waals surface area contributed by atoms with E-state index in [-0.39, 0.29) is 18.4 Å². The van der Waals surface area contributed by atoms with Crippen LogP contribution >= 0.6 is 7.60 Å². The average molecular weight is 304 g/mol. The summed E-state index contributed by atoms with van der Waals surface area (Å²) in [4.78, 5) is 12.3. The number of carbonyl (C=O) groups is 1. The van der Waals surface area contributed by atoms with Crippen molar-refractivity contribution in [2.75, 3.05) is 20.4 Å². The maximum Gasteiger partial charge on any atom is 0.337 e. The van der Waals surface area contributed by atoms with E-state index in [0.717, 1.165) is 25.7 Å². The number of rotatable bonds is 5. The third-order valence-electron chi connectivity index (χ3n) is 3.73. The van der Waals surface area contributed by atoms with Gasteiger partial charge in [0.05, 0.1) is 5.76 Å². The summed E-state index contributed by atoms with van der Waals surface area (Å²) < 4.78 is 33.1. The quantitative estimate of drug-likeness (QED) is 0.727. The summed E-state index contributed by atoms with van der Waals surface area (Å²) in [5.41, 5.74) is 0. The van der Waals surface area contributed by atoms with Gasteiger partial charge in [-0.2, -0.15) is 0 Å². The Bertz CT molecular complexity index is 432. The molecule has 1 heterocycles. The maximum absolute atomic E-state index is 12.3. The molecule has 0 radical (unpaired) electrons.